The van der Waals surface area contributed by atoms with E-state index in [0.29, 0.717) is 5.69 Å². The van der Waals surface area contributed by atoms with E-state index in [1.54, 1.807) is 6.07 Å². The van der Waals surface area contributed by atoms with E-state index in [2.05, 4.69) is 14.8 Å². The third-order valence-corrected chi connectivity index (χ3v) is 3.04. The van der Waals surface area contributed by atoms with Gasteiger partial charge in [-0.3, -0.25) is 0 Å². The second kappa shape index (κ2) is 6.30. The molecule has 1 atom stereocenters. The van der Waals surface area contributed by atoms with Gasteiger partial charge >= 0.3 is 11.9 Å². The number of hydrogen-bond donors (Lipinski definition) is 1. The van der Waals surface area contributed by atoms with E-state index in [-0.39, 0.29) is 11.8 Å². The zero-order valence-corrected chi connectivity index (χ0v) is 12.1. The van der Waals surface area contributed by atoms with Crippen molar-refractivity contribution in [3.8, 4) is 5.75 Å². The topological polar surface area (TPSA) is 73.9 Å². The molecule has 1 aromatic carbocycles. The number of methoxy groups -OCH3 is 2. The number of rotatable bonds is 4. The summed E-state index contributed by atoms with van der Waals surface area (Å²) in [4.78, 5) is 23.0. The van der Waals surface area contributed by atoms with Crippen LogP contribution in [0.2, 0.25) is 0 Å². The van der Waals surface area contributed by atoms with Gasteiger partial charge in [-0.05, 0) is 30.7 Å². The van der Waals surface area contributed by atoms with Crippen LogP contribution in [0.25, 0.3) is 0 Å². The van der Waals surface area contributed by atoms with Gasteiger partial charge in [-0.15, -0.1) is 0 Å². The third kappa shape index (κ3) is 3.53. The molecule has 1 N–H and O–H groups in total. The van der Waals surface area contributed by atoms with Gasteiger partial charge in [-0.1, -0.05) is 0 Å². The van der Waals surface area contributed by atoms with Crippen LogP contribution >= 0.6 is 0 Å². The lowest BCUT2D eigenvalue weighted by Gasteiger charge is -2.10. The van der Waals surface area contributed by atoms with Gasteiger partial charge in [0.05, 0.1) is 20.3 Å². The van der Waals surface area contributed by atoms with E-state index in [4.69, 9.17) is 4.74 Å². The molecule has 21 heavy (non-hydrogen) atoms. The van der Waals surface area contributed by atoms with Crippen LogP contribution in [0, 0.1) is 0 Å². The zero-order valence-electron chi connectivity index (χ0n) is 12.1. The van der Waals surface area contributed by atoms with E-state index in [1.807, 2.05) is 19.1 Å². The van der Waals surface area contributed by atoms with Crippen LogP contribution in [-0.4, -0.2) is 32.3 Å². The summed E-state index contributed by atoms with van der Waals surface area (Å²) in [5.41, 5.74) is 1.73. The highest BCUT2D eigenvalue weighted by Gasteiger charge is 2.20. The van der Waals surface area contributed by atoms with Crippen molar-refractivity contribution >= 4 is 17.6 Å². The molecule has 0 aliphatic carbocycles. The van der Waals surface area contributed by atoms with Crippen molar-refractivity contribution in [1.82, 2.24) is 0 Å². The first-order chi connectivity index (χ1) is 10.0. The highest BCUT2D eigenvalue weighted by Crippen LogP contribution is 2.31. The molecular formula is C15H17NO5. The lowest BCUT2D eigenvalue weighted by atomic mass is 10.1. The molecule has 112 valence electrons. The highest BCUT2D eigenvalue weighted by molar-refractivity contribution is 5.98. The largest absolute Gasteiger partial charge is 0.490 e. The summed E-state index contributed by atoms with van der Waals surface area (Å²) >= 11 is 0. The summed E-state index contributed by atoms with van der Waals surface area (Å²) in [6.07, 6.45) is 2.00. The van der Waals surface area contributed by atoms with Crippen LogP contribution < -0.4 is 10.1 Å². The number of anilines is 1. The van der Waals surface area contributed by atoms with Gasteiger partial charge < -0.3 is 19.5 Å². The summed E-state index contributed by atoms with van der Waals surface area (Å²) in [5, 5.41) is 2.87. The standard InChI is InChI=1S/C15H17NO5/c1-9-6-10-7-11(4-5-13(10)21-9)16-12(15(18)20-3)8-14(17)19-2/h4-5,7-9,16H,6H2,1-3H3/b12-8+. The predicted molar refractivity (Wildman–Crippen MR) is 76.0 cm³/mol. The summed E-state index contributed by atoms with van der Waals surface area (Å²) < 4.78 is 14.8. The molecule has 0 bridgehead atoms. The van der Waals surface area contributed by atoms with Crippen molar-refractivity contribution in [3.05, 3.63) is 35.5 Å². The van der Waals surface area contributed by atoms with Crippen molar-refractivity contribution < 1.29 is 23.8 Å². The average Bonchev–Trinajstić information content (AvgIpc) is 2.84. The van der Waals surface area contributed by atoms with Crippen molar-refractivity contribution in [1.29, 1.82) is 0 Å². The number of hydrogen-bond acceptors (Lipinski definition) is 6. The Kier molecular flexibility index (Phi) is 4.47. The summed E-state index contributed by atoms with van der Waals surface area (Å²) in [6.45, 7) is 1.99. The van der Waals surface area contributed by atoms with Gasteiger partial charge in [0.15, 0.2) is 0 Å². The van der Waals surface area contributed by atoms with Gasteiger partial charge in [0.1, 0.15) is 17.6 Å². The van der Waals surface area contributed by atoms with E-state index in [1.165, 1.54) is 14.2 Å². The second-order valence-electron chi connectivity index (χ2n) is 4.65. The number of carbonyl (C=O) groups excluding carboxylic acids is 2. The molecule has 0 saturated heterocycles. The Bertz CT molecular complexity index is 594. The van der Waals surface area contributed by atoms with E-state index in [9.17, 15) is 9.59 Å². The van der Waals surface area contributed by atoms with E-state index >= 15 is 0 Å². The number of fused-ring (bicyclic) bond motifs is 1. The summed E-state index contributed by atoms with van der Waals surface area (Å²) in [7, 11) is 2.48. The maximum atomic E-state index is 11.7. The molecule has 1 aliphatic rings. The quantitative estimate of drug-likeness (QED) is 0.671. The van der Waals surface area contributed by atoms with Crippen LogP contribution in [-0.2, 0) is 25.5 Å². The van der Waals surface area contributed by atoms with Gasteiger partial charge in [0.25, 0.3) is 0 Å². The van der Waals surface area contributed by atoms with E-state index < -0.39 is 11.9 Å². The summed E-state index contributed by atoms with van der Waals surface area (Å²) in [6, 6.07) is 5.48. The monoisotopic (exact) mass is 291 g/mol. The Balaban J connectivity index is 2.21. The lowest BCUT2D eigenvalue weighted by molar-refractivity contribution is -0.138. The molecule has 2 rings (SSSR count). The fourth-order valence-corrected chi connectivity index (χ4v) is 2.09. The molecule has 6 heteroatoms. The number of carbonyl (C=O) groups is 2. The lowest BCUT2D eigenvalue weighted by Crippen LogP contribution is -2.15. The number of benzene rings is 1. The third-order valence-electron chi connectivity index (χ3n) is 3.04. The van der Waals surface area contributed by atoms with Crippen LogP contribution in [0.15, 0.2) is 30.0 Å². The number of nitrogens with one attached hydrogen (secondary N) is 1. The maximum Gasteiger partial charge on any atom is 0.354 e. The molecule has 0 amide bonds. The Labute approximate surface area is 122 Å². The minimum Gasteiger partial charge on any atom is -0.490 e. The Morgan fingerprint density at radius 2 is 2.10 bits per heavy atom. The molecule has 0 aromatic heterocycles. The molecular weight excluding hydrogens is 274 g/mol. The Morgan fingerprint density at radius 1 is 1.33 bits per heavy atom. The minimum absolute atomic E-state index is 0.0104. The molecule has 1 unspecified atom stereocenters. The molecule has 0 spiro atoms. The van der Waals surface area contributed by atoms with Crippen molar-refractivity contribution in [3.63, 3.8) is 0 Å². The molecule has 1 aromatic rings. The molecule has 0 radical (unpaired) electrons. The smallest absolute Gasteiger partial charge is 0.354 e. The average molecular weight is 291 g/mol. The Morgan fingerprint density at radius 3 is 2.76 bits per heavy atom. The molecule has 1 aliphatic heterocycles. The van der Waals surface area contributed by atoms with Gasteiger partial charge in [0, 0.05) is 12.1 Å². The van der Waals surface area contributed by atoms with Crippen molar-refractivity contribution in [2.24, 2.45) is 0 Å². The number of esters is 2. The molecule has 6 nitrogen and oxygen atoms in total. The predicted octanol–water partition coefficient (Wildman–Crippen LogP) is 1.65. The molecule has 1 heterocycles. The van der Waals surface area contributed by atoms with Gasteiger partial charge in [-0.2, -0.15) is 0 Å². The second-order valence-corrected chi connectivity index (χ2v) is 4.65. The number of ether oxygens (including phenoxy) is 3. The minimum atomic E-state index is -0.648. The Hall–Kier alpha value is -2.50. The SMILES string of the molecule is COC(=O)/C=C(/Nc1ccc2c(c1)CC(C)O2)C(=O)OC. The molecule has 0 fully saturated rings. The van der Waals surface area contributed by atoms with Crippen molar-refractivity contribution in [2.45, 2.75) is 19.4 Å². The molecule has 0 saturated carbocycles. The van der Waals surface area contributed by atoms with Crippen LogP contribution in [0.5, 0.6) is 5.75 Å². The van der Waals surface area contributed by atoms with Gasteiger partial charge in [-0.25, -0.2) is 9.59 Å². The van der Waals surface area contributed by atoms with Crippen LogP contribution in [0.1, 0.15) is 12.5 Å². The van der Waals surface area contributed by atoms with Gasteiger partial charge in [0.2, 0.25) is 0 Å². The fourth-order valence-electron chi connectivity index (χ4n) is 2.09. The van der Waals surface area contributed by atoms with Crippen LogP contribution in [0.4, 0.5) is 5.69 Å². The first-order valence-corrected chi connectivity index (χ1v) is 6.48. The fraction of sp³-hybridized carbons (Fsp3) is 0.333. The normalized spacial score (nSPS) is 16.7. The first kappa shape index (κ1) is 14.9. The van der Waals surface area contributed by atoms with Crippen molar-refractivity contribution in [2.75, 3.05) is 19.5 Å². The van der Waals surface area contributed by atoms with E-state index in [0.717, 1.165) is 23.8 Å². The maximum absolute atomic E-state index is 11.7. The highest BCUT2D eigenvalue weighted by atomic mass is 16.5. The zero-order chi connectivity index (χ0) is 15.4. The summed E-state index contributed by atoms with van der Waals surface area (Å²) in [5.74, 6) is -0.448. The first-order valence-electron chi connectivity index (χ1n) is 6.48. The van der Waals surface area contributed by atoms with Crippen LogP contribution in [0.3, 0.4) is 0 Å².